The molecule has 11 heteroatoms. The number of carboxylic acid groups (broad SMARTS) is 1. The van der Waals surface area contributed by atoms with E-state index in [9.17, 15) is 22.4 Å². The Balaban J connectivity index is 0.000000384. The number of para-hydroxylation sites is 1. The Labute approximate surface area is 202 Å². The fourth-order valence-electron chi connectivity index (χ4n) is 4.41. The normalized spacial score (nSPS) is 15.1. The molecule has 0 saturated carbocycles. The molecule has 3 N–H and O–H groups in total. The van der Waals surface area contributed by atoms with Crippen molar-refractivity contribution in [2.75, 3.05) is 19.6 Å². The predicted molar refractivity (Wildman–Crippen MR) is 126 cm³/mol. The summed E-state index contributed by atoms with van der Waals surface area (Å²) in [5, 5.41) is 8.47. The van der Waals surface area contributed by atoms with Crippen molar-refractivity contribution >= 4 is 27.8 Å². The second kappa shape index (κ2) is 10.5. The third-order valence-corrected chi connectivity index (χ3v) is 6.29. The summed E-state index contributed by atoms with van der Waals surface area (Å²) in [6.07, 6.45) is -0.0748. The van der Waals surface area contributed by atoms with Gasteiger partial charge in [-0.25, -0.2) is 14.2 Å². The number of carboxylic acids is 1. The Kier molecular flexibility index (Phi) is 7.39. The van der Waals surface area contributed by atoms with Gasteiger partial charge in [-0.1, -0.05) is 24.3 Å². The van der Waals surface area contributed by atoms with Gasteiger partial charge >= 0.3 is 12.1 Å². The molecule has 3 heterocycles. The van der Waals surface area contributed by atoms with Gasteiger partial charge in [0.15, 0.2) is 0 Å². The first-order valence-electron chi connectivity index (χ1n) is 11.4. The second-order valence-corrected chi connectivity index (χ2v) is 8.61. The number of rotatable bonds is 4. The molecule has 2 aromatic heterocycles. The fourth-order valence-corrected chi connectivity index (χ4v) is 4.41. The Bertz CT molecular complexity index is 1420. The lowest BCUT2D eigenvalue weighted by molar-refractivity contribution is -0.192. The van der Waals surface area contributed by atoms with Crippen LogP contribution in [0.5, 0.6) is 0 Å². The van der Waals surface area contributed by atoms with Crippen molar-refractivity contribution in [3.8, 4) is 0 Å². The van der Waals surface area contributed by atoms with Crippen molar-refractivity contribution < 1.29 is 27.5 Å². The Hall–Kier alpha value is -3.73. The number of alkyl halides is 3. The Morgan fingerprint density at radius 1 is 1.11 bits per heavy atom. The second-order valence-electron chi connectivity index (χ2n) is 8.61. The van der Waals surface area contributed by atoms with Gasteiger partial charge in [-0.05, 0) is 56.1 Å². The monoisotopic (exact) mass is 504 g/mol. The fraction of sp³-hybridized carbons (Fsp3) is 0.320. The van der Waals surface area contributed by atoms with E-state index in [2.05, 4.69) is 44.2 Å². The van der Waals surface area contributed by atoms with Crippen LogP contribution in [0.1, 0.15) is 30.1 Å². The van der Waals surface area contributed by atoms with Gasteiger partial charge in [0.05, 0.1) is 5.52 Å². The van der Waals surface area contributed by atoms with Gasteiger partial charge in [0.25, 0.3) is 5.56 Å². The molecule has 4 aromatic rings. The summed E-state index contributed by atoms with van der Waals surface area (Å²) in [5.41, 5.74) is 2.59. The van der Waals surface area contributed by atoms with E-state index in [0.29, 0.717) is 11.3 Å². The third-order valence-electron chi connectivity index (χ3n) is 6.29. The number of carbonyl (C=O) groups is 1. The predicted octanol–water partition coefficient (Wildman–Crippen LogP) is 4.60. The summed E-state index contributed by atoms with van der Waals surface area (Å²) in [5.74, 6) is -2.38. The Morgan fingerprint density at radius 3 is 2.50 bits per heavy atom. The molecule has 0 amide bonds. The molecule has 1 aliphatic heterocycles. The first-order valence-corrected chi connectivity index (χ1v) is 11.4. The summed E-state index contributed by atoms with van der Waals surface area (Å²) < 4.78 is 45.6. The first kappa shape index (κ1) is 25.4. The molecule has 1 saturated heterocycles. The van der Waals surface area contributed by atoms with Crippen molar-refractivity contribution in [1.82, 2.24) is 19.9 Å². The number of benzene rings is 2. The highest BCUT2D eigenvalue weighted by atomic mass is 19.4. The van der Waals surface area contributed by atoms with Crippen LogP contribution in [0.2, 0.25) is 0 Å². The largest absolute Gasteiger partial charge is 0.490 e. The minimum Gasteiger partial charge on any atom is -0.475 e. The van der Waals surface area contributed by atoms with Crippen LogP contribution in [0.15, 0.2) is 53.5 Å². The van der Waals surface area contributed by atoms with E-state index >= 15 is 0 Å². The highest BCUT2D eigenvalue weighted by Crippen LogP contribution is 2.27. The van der Waals surface area contributed by atoms with Crippen LogP contribution in [0.4, 0.5) is 17.6 Å². The van der Waals surface area contributed by atoms with Gasteiger partial charge in [0.2, 0.25) is 0 Å². The summed E-state index contributed by atoms with van der Waals surface area (Å²) in [6, 6.07) is 13.0. The zero-order chi connectivity index (χ0) is 25.9. The summed E-state index contributed by atoms with van der Waals surface area (Å²) in [4.78, 5) is 34.4. The molecule has 0 bridgehead atoms. The summed E-state index contributed by atoms with van der Waals surface area (Å²) >= 11 is 0. The van der Waals surface area contributed by atoms with Crippen LogP contribution < -0.4 is 5.56 Å². The van der Waals surface area contributed by atoms with Crippen LogP contribution in [-0.4, -0.2) is 56.7 Å². The van der Waals surface area contributed by atoms with E-state index in [1.54, 1.807) is 12.1 Å². The highest BCUT2D eigenvalue weighted by molar-refractivity contribution is 5.83. The SMILES string of the molecule is O=C(O)C(F)(F)F.O=c1[nH]c(C2CCN(CCc3c[nH]c4ccccc34)CC2)nc2cccc(F)c12. The highest BCUT2D eigenvalue weighted by Gasteiger charge is 2.38. The quantitative estimate of drug-likeness (QED) is 0.353. The molecule has 0 atom stereocenters. The number of hydrogen-bond donors (Lipinski definition) is 3. The number of aromatic amines is 2. The van der Waals surface area contributed by atoms with Gasteiger partial charge in [-0.3, -0.25) is 4.79 Å². The van der Waals surface area contributed by atoms with Crippen molar-refractivity contribution in [3.05, 3.63) is 76.2 Å². The molecule has 190 valence electrons. The van der Waals surface area contributed by atoms with Gasteiger partial charge in [0.1, 0.15) is 17.0 Å². The standard InChI is InChI=1S/C23H23FN4O.C2HF3O2/c24-18-5-3-7-20-21(18)23(29)27-22(26-20)15-8-11-28(12-9-15)13-10-16-14-25-19-6-2-1-4-17(16)19;3-2(4,5)1(6)7/h1-7,14-15,25H,8-13H2,(H,26,27,29);(H,6,7). The molecule has 1 aliphatic rings. The molecule has 0 aliphatic carbocycles. The number of halogens is 4. The third kappa shape index (κ3) is 5.73. The van der Waals surface area contributed by atoms with Crippen molar-refractivity contribution in [3.63, 3.8) is 0 Å². The molecule has 0 radical (unpaired) electrons. The van der Waals surface area contributed by atoms with E-state index in [1.807, 2.05) is 6.07 Å². The average Bonchev–Trinajstić information content (AvgIpc) is 3.26. The zero-order valence-electron chi connectivity index (χ0n) is 19.1. The molecule has 0 spiro atoms. The van der Waals surface area contributed by atoms with E-state index in [1.165, 1.54) is 22.5 Å². The smallest absolute Gasteiger partial charge is 0.475 e. The maximum Gasteiger partial charge on any atom is 0.490 e. The number of hydrogen-bond acceptors (Lipinski definition) is 4. The number of aromatic nitrogens is 3. The number of fused-ring (bicyclic) bond motifs is 2. The molecular weight excluding hydrogens is 480 g/mol. The van der Waals surface area contributed by atoms with Gasteiger partial charge in [-0.15, -0.1) is 0 Å². The molecule has 7 nitrogen and oxygen atoms in total. The van der Waals surface area contributed by atoms with Crippen molar-refractivity contribution in [2.45, 2.75) is 31.4 Å². The van der Waals surface area contributed by atoms with Gasteiger partial charge < -0.3 is 20.0 Å². The van der Waals surface area contributed by atoms with E-state index in [4.69, 9.17) is 9.90 Å². The first-order chi connectivity index (χ1) is 17.1. The number of likely N-dealkylation sites (tertiary alicyclic amines) is 1. The van der Waals surface area contributed by atoms with Gasteiger partial charge in [0, 0.05) is 29.6 Å². The summed E-state index contributed by atoms with van der Waals surface area (Å²) in [6.45, 7) is 2.96. The van der Waals surface area contributed by atoms with Crippen LogP contribution in [0.3, 0.4) is 0 Å². The van der Waals surface area contributed by atoms with Crippen molar-refractivity contribution in [2.24, 2.45) is 0 Å². The van der Waals surface area contributed by atoms with Crippen LogP contribution >= 0.6 is 0 Å². The van der Waals surface area contributed by atoms with E-state index in [0.717, 1.165) is 38.9 Å². The lowest BCUT2D eigenvalue weighted by atomic mass is 9.95. The topological polar surface area (TPSA) is 102 Å². The molecule has 2 aromatic carbocycles. The maximum absolute atomic E-state index is 13.9. The summed E-state index contributed by atoms with van der Waals surface area (Å²) in [7, 11) is 0. The maximum atomic E-state index is 13.9. The molecule has 5 rings (SSSR count). The number of piperidine rings is 1. The average molecular weight is 504 g/mol. The van der Waals surface area contributed by atoms with Crippen LogP contribution in [0.25, 0.3) is 21.8 Å². The zero-order valence-corrected chi connectivity index (χ0v) is 19.1. The minimum absolute atomic E-state index is 0.0485. The number of aliphatic carboxylic acids is 1. The molecule has 0 unspecified atom stereocenters. The number of nitrogens with one attached hydrogen (secondary N) is 2. The minimum atomic E-state index is -5.08. The molecule has 1 fully saturated rings. The van der Waals surface area contributed by atoms with E-state index < -0.39 is 18.0 Å². The lowest BCUT2D eigenvalue weighted by Gasteiger charge is -2.31. The van der Waals surface area contributed by atoms with Crippen molar-refractivity contribution in [1.29, 1.82) is 0 Å². The van der Waals surface area contributed by atoms with Gasteiger partial charge in [-0.2, -0.15) is 13.2 Å². The molecular formula is C25H24F4N4O3. The number of nitrogens with zero attached hydrogens (tertiary/aromatic N) is 2. The Morgan fingerprint density at radius 2 is 1.81 bits per heavy atom. The number of H-pyrrole nitrogens is 2. The van der Waals surface area contributed by atoms with E-state index in [-0.39, 0.29) is 16.9 Å². The van der Waals surface area contributed by atoms with Crippen LogP contribution in [-0.2, 0) is 11.2 Å². The van der Waals surface area contributed by atoms with Crippen LogP contribution in [0, 0.1) is 5.82 Å². The molecule has 36 heavy (non-hydrogen) atoms. The lowest BCUT2D eigenvalue weighted by Crippen LogP contribution is -2.35.